The van der Waals surface area contributed by atoms with Crippen molar-refractivity contribution in [2.75, 3.05) is 12.4 Å². The Morgan fingerprint density at radius 3 is 2.71 bits per heavy atom. The zero-order chi connectivity index (χ0) is 16.9. The summed E-state index contributed by atoms with van der Waals surface area (Å²) in [5.41, 5.74) is 2.49. The van der Waals surface area contributed by atoms with Gasteiger partial charge < -0.3 is 10.1 Å². The average molecular weight is 323 g/mol. The fraction of sp³-hybridized carbons (Fsp3) is 0.176. The lowest BCUT2D eigenvalue weighted by atomic mass is 10.2. The summed E-state index contributed by atoms with van der Waals surface area (Å²) in [6.07, 6.45) is 0. The lowest BCUT2D eigenvalue weighted by Gasteiger charge is -2.07. The van der Waals surface area contributed by atoms with Crippen molar-refractivity contribution >= 4 is 11.6 Å². The van der Waals surface area contributed by atoms with E-state index in [4.69, 9.17) is 4.74 Å². The fourth-order valence-corrected chi connectivity index (χ4v) is 2.28. The molecule has 1 amide bonds. The minimum absolute atomic E-state index is 0.0174. The standard InChI is InChI=1S/C17H17N5O2/c1-12-7-3-5-9-14(12)18-16(23)11-22-20-17(19-21-22)13-8-4-6-10-15(13)24-2/h3-10H,11H2,1-2H3,(H,18,23). The highest BCUT2D eigenvalue weighted by Crippen LogP contribution is 2.25. The van der Waals surface area contributed by atoms with Gasteiger partial charge in [0.05, 0.1) is 12.7 Å². The molecule has 3 rings (SSSR count). The topological polar surface area (TPSA) is 81.9 Å². The zero-order valence-corrected chi connectivity index (χ0v) is 13.4. The molecule has 0 bridgehead atoms. The van der Waals surface area contributed by atoms with E-state index in [2.05, 4.69) is 20.7 Å². The molecule has 0 aliphatic rings. The number of nitrogens with one attached hydrogen (secondary N) is 1. The van der Waals surface area contributed by atoms with Gasteiger partial charge in [-0.2, -0.15) is 4.80 Å². The number of amides is 1. The number of benzene rings is 2. The van der Waals surface area contributed by atoms with Crippen LogP contribution in [0.4, 0.5) is 5.69 Å². The van der Waals surface area contributed by atoms with Crippen molar-refractivity contribution in [1.82, 2.24) is 20.2 Å². The van der Waals surface area contributed by atoms with Gasteiger partial charge in [0.25, 0.3) is 0 Å². The molecule has 122 valence electrons. The molecule has 24 heavy (non-hydrogen) atoms. The summed E-state index contributed by atoms with van der Waals surface area (Å²) < 4.78 is 5.29. The van der Waals surface area contributed by atoms with Crippen molar-refractivity contribution in [2.45, 2.75) is 13.5 Å². The van der Waals surface area contributed by atoms with Crippen LogP contribution in [0.15, 0.2) is 48.5 Å². The Morgan fingerprint density at radius 1 is 1.17 bits per heavy atom. The molecule has 7 nitrogen and oxygen atoms in total. The lowest BCUT2D eigenvalue weighted by molar-refractivity contribution is -0.117. The summed E-state index contributed by atoms with van der Waals surface area (Å²) in [6, 6.07) is 15.0. The molecule has 1 N–H and O–H groups in total. The molecular formula is C17H17N5O2. The van der Waals surface area contributed by atoms with Gasteiger partial charge in [-0.1, -0.05) is 30.3 Å². The molecule has 1 heterocycles. The molecule has 0 radical (unpaired) electrons. The van der Waals surface area contributed by atoms with Gasteiger partial charge in [-0.05, 0) is 35.9 Å². The Hall–Kier alpha value is -3.22. The van der Waals surface area contributed by atoms with E-state index < -0.39 is 0 Å². The Balaban J connectivity index is 1.72. The average Bonchev–Trinajstić information content (AvgIpc) is 3.05. The molecule has 0 aliphatic heterocycles. The fourth-order valence-electron chi connectivity index (χ4n) is 2.28. The highest BCUT2D eigenvalue weighted by molar-refractivity contribution is 5.91. The van der Waals surface area contributed by atoms with Crippen molar-refractivity contribution in [1.29, 1.82) is 0 Å². The van der Waals surface area contributed by atoms with E-state index in [1.54, 1.807) is 7.11 Å². The minimum atomic E-state index is -0.215. The number of hydrogen-bond donors (Lipinski definition) is 1. The Kier molecular flexibility index (Phi) is 4.51. The first-order valence-corrected chi connectivity index (χ1v) is 7.44. The first kappa shape index (κ1) is 15.7. The number of ether oxygens (including phenoxy) is 1. The molecule has 0 unspecified atom stereocenters. The van der Waals surface area contributed by atoms with Crippen LogP contribution in [0.2, 0.25) is 0 Å². The molecule has 0 fully saturated rings. The third kappa shape index (κ3) is 3.40. The number of para-hydroxylation sites is 2. The number of rotatable bonds is 5. The first-order valence-electron chi connectivity index (χ1n) is 7.44. The highest BCUT2D eigenvalue weighted by Gasteiger charge is 2.13. The van der Waals surface area contributed by atoms with Crippen LogP contribution in [0, 0.1) is 6.92 Å². The van der Waals surface area contributed by atoms with Crippen molar-refractivity contribution < 1.29 is 9.53 Å². The third-order valence-corrected chi connectivity index (χ3v) is 3.50. The van der Waals surface area contributed by atoms with Gasteiger partial charge >= 0.3 is 0 Å². The summed E-state index contributed by atoms with van der Waals surface area (Å²) in [6.45, 7) is 1.92. The second-order valence-corrected chi connectivity index (χ2v) is 5.21. The maximum atomic E-state index is 12.1. The predicted molar refractivity (Wildman–Crippen MR) is 89.6 cm³/mol. The molecular weight excluding hydrogens is 306 g/mol. The summed E-state index contributed by atoms with van der Waals surface area (Å²) in [5, 5.41) is 15.0. The van der Waals surface area contributed by atoms with Gasteiger partial charge in [0.2, 0.25) is 11.7 Å². The number of methoxy groups -OCH3 is 1. The minimum Gasteiger partial charge on any atom is -0.496 e. The summed E-state index contributed by atoms with van der Waals surface area (Å²) >= 11 is 0. The number of aromatic nitrogens is 4. The first-order chi connectivity index (χ1) is 11.7. The van der Waals surface area contributed by atoms with Gasteiger partial charge in [-0.25, -0.2) is 0 Å². The molecule has 0 saturated heterocycles. The van der Waals surface area contributed by atoms with Crippen molar-refractivity contribution in [3.8, 4) is 17.1 Å². The molecule has 0 atom stereocenters. The quantitative estimate of drug-likeness (QED) is 0.779. The Bertz CT molecular complexity index is 859. The molecule has 7 heteroatoms. The van der Waals surface area contributed by atoms with E-state index >= 15 is 0 Å². The maximum Gasteiger partial charge on any atom is 0.248 e. The maximum absolute atomic E-state index is 12.1. The van der Waals surface area contributed by atoms with Gasteiger partial charge in [0.1, 0.15) is 12.3 Å². The highest BCUT2D eigenvalue weighted by atomic mass is 16.5. The monoisotopic (exact) mass is 323 g/mol. The van der Waals surface area contributed by atoms with Crippen molar-refractivity contribution in [3.63, 3.8) is 0 Å². The summed E-state index contributed by atoms with van der Waals surface area (Å²) in [5.74, 6) is 0.853. The van der Waals surface area contributed by atoms with Crippen molar-refractivity contribution in [2.24, 2.45) is 0 Å². The number of carbonyl (C=O) groups is 1. The molecule has 0 aliphatic carbocycles. The second kappa shape index (κ2) is 6.91. The van der Waals surface area contributed by atoms with E-state index in [1.807, 2.05) is 55.5 Å². The Morgan fingerprint density at radius 2 is 1.92 bits per heavy atom. The normalized spacial score (nSPS) is 10.4. The Labute approximate surface area is 139 Å². The van der Waals surface area contributed by atoms with Gasteiger partial charge in [-0.15, -0.1) is 10.2 Å². The van der Waals surface area contributed by atoms with Crippen molar-refractivity contribution in [3.05, 3.63) is 54.1 Å². The van der Waals surface area contributed by atoms with E-state index in [0.717, 1.165) is 16.8 Å². The van der Waals surface area contributed by atoms with Crippen LogP contribution in [0.25, 0.3) is 11.4 Å². The third-order valence-electron chi connectivity index (χ3n) is 3.50. The smallest absolute Gasteiger partial charge is 0.248 e. The van der Waals surface area contributed by atoms with Crippen LogP contribution in [-0.4, -0.2) is 33.2 Å². The second-order valence-electron chi connectivity index (χ2n) is 5.21. The van der Waals surface area contributed by atoms with Crippen LogP contribution in [0.1, 0.15) is 5.56 Å². The van der Waals surface area contributed by atoms with Crippen LogP contribution >= 0.6 is 0 Å². The molecule has 3 aromatic rings. The summed E-state index contributed by atoms with van der Waals surface area (Å²) in [7, 11) is 1.58. The number of aryl methyl sites for hydroxylation is 1. The van der Waals surface area contributed by atoms with Crippen LogP contribution in [-0.2, 0) is 11.3 Å². The zero-order valence-electron chi connectivity index (χ0n) is 13.4. The largest absolute Gasteiger partial charge is 0.496 e. The molecule has 1 aromatic heterocycles. The van der Waals surface area contributed by atoms with Gasteiger partial charge in [-0.3, -0.25) is 4.79 Å². The lowest BCUT2D eigenvalue weighted by Crippen LogP contribution is -2.20. The number of hydrogen-bond acceptors (Lipinski definition) is 5. The summed E-state index contributed by atoms with van der Waals surface area (Å²) in [4.78, 5) is 13.4. The molecule has 0 spiro atoms. The van der Waals surface area contributed by atoms with E-state index in [0.29, 0.717) is 11.6 Å². The predicted octanol–water partition coefficient (Wildman–Crippen LogP) is 2.30. The van der Waals surface area contributed by atoms with Crippen LogP contribution < -0.4 is 10.1 Å². The van der Waals surface area contributed by atoms with E-state index in [-0.39, 0.29) is 12.5 Å². The SMILES string of the molecule is COc1ccccc1-c1nnn(CC(=O)Nc2ccccc2C)n1. The van der Waals surface area contributed by atoms with Crippen LogP contribution in [0.5, 0.6) is 5.75 Å². The molecule has 2 aromatic carbocycles. The molecule has 0 saturated carbocycles. The van der Waals surface area contributed by atoms with Crippen LogP contribution in [0.3, 0.4) is 0 Å². The number of anilines is 1. The van der Waals surface area contributed by atoms with E-state index in [9.17, 15) is 4.79 Å². The number of nitrogens with zero attached hydrogens (tertiary/aromatic N) is 4. The number of tetrazole rings is 1. The van der Waals surface area contributed by atoms with E-state index in [1.165, 1.54) is 4.80 Å². The van der Waals surface area contributed by atoms with Gasteiger partial charge in [0, 0.05) is 5.69 Å². The number of carbonyl (C=O) groups excluding carboxylic acids is 1. The van der Waals surface area contributed by atoms with Gasteiger partial charge in [0.15, 0.2) is 0 Å².